The Balaban J connectivity index is 1.68. The molecule has 32 heavy (non-hydrogen) atoms. The lowest BCUT2D eigenvalue weighted by atomic mass is 9.98. The lowest BCUT2D eigenvalue weighted by molar-refractivity contribution is 0.0711. The number of halogens is 1. The van der Waals surface area contributed by atoms with Crippen LogP contribution in [0.2, 0.25) is 0 Å². The van der Waals surface area contributed by atoms with Gasteiger partial charge in [0.05, 0.1) is 18.0 Å². The second kappa shape index (κ2) is 8.88. The minimum Gasteiger partial charge on any atom is -0.284 e. The number of amides is 1. The van der Waals surface area contributed by atoms with Crippen molar-refractivity contribution < 1.29 is 13.2 Å². The second-order valence-corrected chi connectivity index (χ2v) is 10.5. The van der Waals surface area contributed by atoms with Crippen LogP contribution in [0.3, 0.4) is 0 Å². The molecule has 3 aromatic carbocycles. The Kier molecular flexibility index (Phi) is 6.17. The molecule has 8 heteroatoms. The molecule has 0 bridgehead atoms. The molecule has 0 aromatic heterocycles. The molecule has 1 N–H and O–H groups in total. The molecule has 1 aliphatic rings. The fourth-order valence-electron chi connectivity index (χ4n) is 3.62. The Hall–Kier alpha value is -2.97. The molecule has 0 radical (unpaired) electrons. The van der Waals surface area contributed by atoms with Crippen molar-refractivity contribution in [1.82, 2.24) is 5.01 Å². The van der Waals surface area contributed by atoms with Gasteiger partial charge in [0.15, 0.2) is 0 Å². The van der Waals surface area contributed by atoms with E-state index in [9.17, 15) is 13.2 Å². The minimum absolute atomic E-state index is 0.166. The predicted octanol–water partition coefficient (Wildman–Crippen LogP) is 5.12. The average molecular weight is 512 g/mol. The minimum atomic E-state index is -3.35. The van der Waals surface area contributed by atoms with Gasteiger partial charge in [-0.25, -0.2) is 13.4 Å². The highest BCUT2D eigenvalue weighted by molar-refractivity contribution is 9.10. The molecular weight excluding hydrogens is 490 g/mol. The van der Waals surface area contributed by atoms with Gasteiger partial charge in [0.25, 0.3) is 5.91 Å². The molecule has 1 aliphatic heterocycles. The molecule has 164 valence electrons. The van der Waals surface area contributed by atoms with Crippen LogP contribution in [-0.2, 0) is 10.0 Å². The van der Waals surface area contributed by atoms with Gasteiger partial charge in [0.2, 0.25) is 10.0 Å². The van der Waals surface area contributed by atoms with E-state index in [1.165, 1.54) is 0 Å². The third-order valence-corrected chi connectivity index (χ3v) is 6.27. The first-order valence-corrected chi connectivity index (χ1v) is 12.7. The molecular formula is C24H22BrN3O3S. The summed E-state index contributed by atoms with van der Waals surface area (Å²) >= 11 is 3.51. The van der Waals surface area contributed by atoms with Gasteiger partial charge in [0, 0.05) is 22.1 Å². The van der Waals surface area contributed by atoms with Crippen molar-refractivity contribution in [3.63, 3.8) is 0 Å². The summed E-state index contributed by atoms with van der Waals surface area (Å²) in [5.41, 5.74) is 4.72. The molecule has 1 unspecified atom stereocenters. The van der Waals surface area contributed by atoms with Crippen molar-refractivity contribution >= 4 is 43.3 Å². The monoisotopic (exact) mass is 511 g/mol. The largest absolute Gasteiger partial charge is 0.284 e. The predicted molar refractivity (Wildman–Crippen MR) is 130 cm³/mol. The Morgan fingerprint density at radius 1 is 1.06 bits per heavy atom. The number of anilines is 1. The zero-order valence-electron chi connectivity index (χ0n) is 17.6. The van der Waals surface area contributed by atoms with E-state index in [0.29, 0.717) is 17.7 Å². The van der Waals surface area contributed by atoms with E-state index in [0.717, 1.165) is 33.1 Å². The Morgan fingerprint density at radius 2 is 1.75 bits per heavy atom. The molecule has 0 aliphatic carbocycles. The summed E-state index contributed by atoms with van der Waals surface area (Å²) in [4.78, 5) is 13.3. The molecule has 3 aromatic rings. The number of hydrogen-bond donors (Lipinski definition) is 1. The maximum Gasteiger partial charge on any atom is 0.274 e. The lowest BCUT2D eigenvalue weighted by Gasteiger charge is -2.22. The number of sulfonamides is 1. The van der Waals surface area contributed by atoms with Gasteiger partial charge < -0.3 is 0 Å². The number of hydrogen-bond acceptors (Lipinski definition) is 4. The Morgan fingerprint density at radius 3 is 2.38 bits per heavy atom. The smallest absolute Gasteiger partial charge is 0.274 e. The van der Waals surface area contributed by atoms with E-state index in [2.05, 4.69) is 20.7 Å². The number of hydrazone groups is 1. The quantitative estimate of drug-likeness (QED) is 0.516. The summed E-state index contributed by atoms with van der Waals surface area (Å²) in [6, 6.07) is 22.1. The first kappa shape index (κ1) is 22.2. The zero-order valence-corrected chi connectivity index (χ0v) is 20.0. The number of nitrogens with zero attached hydrogens (tertiary/aromatic N) is 2. The maximum atomic E-state index is 13.3. The number of rotatable bonds is 5. The summed E-state index contributed by atoms with van der Waals surface area (Å²) in [5, 5.41) is 6.24. The Labute approximate surface area is 196 Å². The number of benzene rings is 3. The van der Waals surface area contributed by atoms with Crippen LogP contribution < -0.4 is 4.72 Å². The van der Waals surface area contributed by atoms with Crippen molar-refractivity contribution in [2.24, 2.45) is 5.10 Å². The van der Waals surface area contributed by atoms with Crippen LogP contribution in [0, 0.1) is 6.92 Å². The molecule has 1 heterocycles. The van der Waals surface area contributed by atoms with E-state index >= 15 is 0 Å². The molecule has 4 rings (SSSR count). The van der Waals surface area contributed by atoms with Crippen LogP contribution in [0.25, 0.3) is 0 Å². The van der Waals surface area contributed by atoms with Gasteiger partial charge in [0.1, 0.15) is 0 Å². The Bertz CT molecular complexity index is 1290. The van der Waals surface area contributed by atoms with E-state index < -0.39 is 10.0 Å². The normalized spacial score (nSPS) is 16.0. The fourth-order valence-corrected chi connectivity index (χ4v) is 4.60. The van der Waals surface area contributed by atoms with Gasteiger partial charge in [-0.15, -0.1) is 0 Å². The number of aryl methyl sites for hydroxylation is 1. The van der Waals surface area contributed by atoms with Crippen LogP contribution in [-0.4, -0.2) is 31.3 Å². The second-order valence-electron chi connectivity index (χ2n) is 7.79. The van der Waals surface area contributed by atoms with Gasteiger partial charge in [-0.3, -0.25) is 9.52 Å². The SMILES string of the molecule is Cc1ccc(C(=O)N2N=C(c3ccc(NS(C)(=O)=O)cc3)CC2c2cccc(Br)c2)cc1. The standard InChI is InChI=1S/C24H22BrN3O3S/c1-16-6-8-18(9-7-16)24(29)28-23(19-4-3-5-20(25)14-19)15-22(26-28)17-10-12-21(13-11-17)27-32(2,30)31/h3-14,23,27H,15H2,1-2H3. The van der Waals surface area contributed by atoms with Crippen LogP contribution in [0.15, 0.2) is 82.4 Å². The van der Waals surface area contributed by atoms with Crippen LogP contribution in [0.4, 0.5) is 5.69 Å². The van der Waals surface area contributed by atoms with E-state index in [1.807, 2.05) is 67.6 Å². The van der Waals surface area contributed by atoms with E-state index in [-0.39, 0.29) is 11.9 Å². The number of carbonyl (C=O) groups excluding carboxylic acids is 1. The molecule has 0 saturated heterocycles. The fraction of sp³-hybridized carbons (Fsp3) is 0.167. The van der Waals surface area contributed by atoms with Crippen molar-refractivity contribution in [2.45, 2.75) is 19.4 Å². The van der Waals surface area contributed by atoms with Crippen molar-refractivity contribution in [3.8, 4) is 0 Å². The maximum absolute atomic E-state index is 13.3. The third kappa shape index (κ3) is 5.08. The van der Waals surface area contributed by atoms with Crippen molar-refractivity contribution in [2.75, 3.05) is 11.0 Å². The van der Waals surface area contributed by atoms with Gasteiger partial charge in [-0.2, -0.15) is 5.10 Å². The first-order chi connectivity index (χ1) is 15.2. The molecule has 1 amide bonds. The summed E-state index contributed by atoms with van der Waals surface area (Å²) in [6.07, 6.45) is 1.66. The highest BCUT2D eigenvalue weighted by Crippen LogP contribution is 2.35. The van der Waals surface area contributed by atoms with Gasteiger partial charge in [-0.1, -0.05) is 57.9 Å². The molecule has 0 fully saturated rings. The van der Waals surface area contributed by atoms with E-state index in [1.54, 1.807) is 17.1 Å². The summed E-state index contributed by atoms with van der Waals surface area (Å²) in [6.45, 7) is 1.98. The number of carbonyl (C=O) groups is 1. The summed E-state index contributed by atoms with van der Waals surface area (Å²) < 4.78 is 26.3. The highest BCUT2D eigenvalue weighted by Gasteiger charge is 2.33. The molecule has 0 spiro atoms. The van der Waals surface area contributed by atoms with Gasteiger partial charge in [-0.05, 0) is 54.4 Å². The van der Waals surface area contributed by atoms with Crippen LogP contribution in [0.5, 0.6) is 0 Å². The topological polar surface area (TPSA) is 78.8 Å². The van der Waals surface area contributed by atoms with E-state index in [4.69, 9.17) is 5.10 Å². The molecule has 0 saturated carbocycles. The average Bonchev–Trinajstić information content (AvgIpc) is 3.19. The van der Waals surface area contributed by atoms with Crippen molar-refractivity contribution in [3.05, 3.63) is 99.5 Å². The molecule has 1 atom stereocenters. The van der Waals surface area contributed by atoms with Crippen LogP contribution in [0.1, 0.15) is 39.5 Å². The summed E-state index contributed by atoms with van der Waals surface area (Å²) in [7, 11) is -3.35. The lowest BCUT2D eigenvalue weighted by Crippen LogP contribution is -2.27. The summed E-state index contributed by atoms with van der Waals surface area (Å²) in [5.74, 6) is -0.166. The first-order valence-electron chi connectivity index (χ1n) is 10.0. The zero-order chi connectivity index (χ0) is 22.9. The van der Waals surface area contributed by atoms with Crippen molar-refractivity contribution in [1.29, 1.82) is 0 Å². The third-order valence-electron chi connectivity index (χ3n) is 5.17. The van der Waals surface area contributed by atoms with Gasteiger partial charge >= 0.3 is 0 Å². The molecule has 6 nitrogen and oxygen atoms in total. The number of nitrogens with one attached hydrogen (secondary N) is 1. The van der Waals surface area contributed by atoms with Crippen LogP contribution >= 0.6 is 15.9 Å². The highest BCUT2D eigenvalue weighted by atomic mass is 79.9.